The first kappa shape index (κ1) is 11.7. The number of aromatic nitrogens is 1. The molecule has 5 rings (SSSR count). The summed E-state index contributed by atoms with van der Waals surface area (Å²) < 4.78 is 19.9. The van der Waals surface area contributed by atoms with Crippen LogP contribution in [0, 0.1) is 23.6 Å². The van der Waals surface area contributed by atoms with Crippen molar-refractivity contribution in [1.82, 2.24) is 4.98 Å². The van der Waals surface area contributed by atoms with Gasteiger partial charge in [0.2, 0.25) is 0 Å². The number of nitrogens with zero attached hydrogens (tertiary/aromatic N) is 2. The van der Waals surface area contributed by atoms with Gasteiger partial charge in [-0.2, -0.15) is 0 Å². The van der Waals surface area contributed by atoms with E-state index in [1.54, 1.807) is 6.20 Å². The van der Waals surface area contributed by atoms with E-state index in [0.29, 0.717) is 17.6 Å². The molecule has 4 heterocycles. The Morgan fingerprint density at radius 1 is 1.21 bits per heavy atom. The number of hydrogen-bond donors (Lipinski definition) is 0. The zero-order valence-electron chi connectivity index (χ0n) is 10.8. The average molecular weight is 259 g/mol. The fourth-order valence-electron chi connectivity index (χ4n) is 4.59. The van der Waals surface area contributed by atoms with Gasteiger partial charge in [0.25, 0.3) is 0 Å². The smallest absolute Gasteiger partial charge is 0.481 e. The highest BCUT2D eigenvalue weighted by molar-refractivity contribution is 5.97. The van der Waals surface area contributed by atoms with Gasteiger partial charge in [-0.15, -0.1) is 0 Å². The number of ether oxygens (including phenoxy) is 1. The summed E-state index contributed by atoms with van der Waals surface area (Å²) in [6.45, 7) is 3.13. The Balaban J connectivity index is 1.57. The van der Waals surface area contributed by atoms with E-state index in [1.807, 2.05) is 0 Å². The van der Waals surface area contributed by atoms with Gasteiger partial charge in [0.15, 0.2) is 0 Å². The van der Waals surface area contributed by atoms with Crippen molar-refractivity contribution < 1.29 is 13.5 Å². The Labute approximate surface area is 113 Å². The second-order valence-corrected chi connectivity index (χ2v) is 6.55. The Kier molecular flexibility index (Phi) is 2.43. The van der Waals surface area contributed by atoms with Crippen molar-refractivity contribution in [3.8, 4) is 5.75 Å². The van der Waals surface area contributed by atoms with Crippen molar-refractivity contribution in [3.05, 3.63) is 24.3 Å². The standard InChI is InChI=1S/C14H17BFN2O/c15-18-6-9-1-10(7-18)14(11(2-9)8-18)19-13-3-12(16)4-17-5-13/h3-5,9-11,14H,1-2,6-8H2/q+1. The molecule has 4 fully saturated rings. The van der Waals surface area contributed by atoms with E-state index in [9.17, 15) is 4.39 Å². The van der Waals surface area contributed by atoms with Crippen LogP contribution in [0.5, 0.6) is 5.75 Å². The maximum absolute atomic E-state index is 13.2. The maximum Gasteiger partial charge on any atom is 0.481 e. The lowest BCUT2D eigenvalue weighted by atomic mass is 9.63. The van der Waals surface area contributed by atoms with E-state index in [2.05, 4.69) is 4.98 Å². The third kappa shape index (κ3) is 1.95. The minimum atomic E-state index is -0.340. The van der Waals surface area contributed by atoms with E-state index < -0.39 is 0 Å². The molecule has 0 aromatic carbocycles. The summed E-state index contributed by atoms with van der Waals surface area (Å²) in [6, 6.07) is 1.42. The topological polar surface area (TPSA) is 22.1 Å². The monoisotopic (exact) mass is 259 g/mol. The van der Waals surface area contributed by atoms with Crippen LogP contribution < -0.4 is 4.74 Å². The molecule has 4 bridgehead atoms. The van der Waals surface area contributed by atoms with Crippen LogP contribution in [0.1, 0.15) is 12.8 Å². The Morgan fingerprint density at radius 3 is 2.58 bits per heavy atom. The Hall–Kier alpha value is -1.10. The van der Waals surface area contributed by atoms with Gasteiger partial charge in [-0.25, -0.2) is 4.39 Å². The summed E-state index contributed by atoms with van der Waals surface area (Å²) in [5.74, 6) is 2.00. The van der Waals surface area contributed by atoms with Crippen LogP contribution >= 0.6 is 0 Å². The fraction of sp³-hybridized carbons (Fsp3) is 0.643. The summed E-state index contributed by atoms with van der Waals surface area (Å²) in [7, 11) is 6.41. The van der Waals surface area contributed by atoms with Gasteiger partial charge in [0, 0.05) is 23.8 Å². The zero-order chi connectivity index (χ0) is 13.0. The van der Waals surface area contributed by atoms with Crippen molar-refractivity contribution in [2.24, 2.45) is 17.8 Å². The third-order valence-corrected chi connectivity index (χ3v) is 4.97. The third-order valence-electron chi connectivity index (χ3n) is 4.97. The molecule has 0 N–H and O–H groups in total. The molecule has 1 aromatic rings. The minimum absolute atomic E-state index is 0.190. The Morgan fingerprint density at radius 2 is 1.95 bits per heavy atom. The fourth-order valence-corrected chi connectivity index (χ4v) is 4.59. The first-order chi connectivity index (χ1) is 9.11. The lowest BCUT2D eigenvalue weighted by molar-refractivity contribution is -0.852. The average Bonchev–Trinajstić information content (AvgIpc) is 2.32. The van der Waals surface area contributed by atoms with Crippen molar-refractivity contribution in [2.45, 2.75) is 18.9 Å². The molecule has 3 aliphatic heterocycles. The molecular weight excluding hydrogens is 242 g/mol. The highest BCUT2D eigenvalue weighted by Crippen LogP contribution is 2.47. The maximum atomic E-state index is 13.2. The molecule has 2 radical (unpaired) electrons. The molecule has 0 spiro atoms. The van der Waals surface area contributed by atoms with Gasteiger partial charge in [-0.1, -0.05) is 0 Å². The van der Waals surface area contributed by atoms with Gasteiger partial charge >= 0.3 is 7.98 Å². The number of piperidine rings is 3. The van der Waals surface area contributed by atoms with Crippen LogP contribution in [0.2, 0.25) is 0 Å². The van der Waals surface area contributed by atoms with Gasteiger partial charge in [-0.05, 0) is 12.8 Å². The highest BCUT2D eigenvalue weighted by Gasteiger charge is 2.55. The van der Waals surface area contributed by atoms with E-state index in [0.717, 1.165) is 29.9 Å². The molecule has 1 aromatic heterocycles. The molecule has 0 amide bonds. The number of hydrogen-bond acceptors (Lipinski definition) is 2. The van der Waals surface area contributed by atoms with Crippen LogP contribution in [0.25, 0.3) is 0 Å². The van der Waals surface area contributed by atoms with E-state index in [4.69, 9.17) is 12.7 Å². The summed E-state index contributed by atoms with van der Waals surface area (Å²) in [5.41, 5.74) is 0. The number of rotatable bonds is 2. The van der Waals surface area contributed by atoms with E-state index in [-0.39, 0.29) is 11.9 Å². The lowest BCUT2D eigenvalue weighted by Crippen LogP contribution is -2.70. The molecular formula is C14H17BFN2O+. The van der Waals surface area contributed by atoms with Gasteiger partial charge in [0.1, 0.15) is 17.7 Å². The summed E-state index contributed by atoms with van der Waals surface area (Å²) in [5, 5.41) is 0. The second kappa shape index (κ2) is 3.95. The number of quaternary nitrogens is 1. The zero-order valence-corrected chi connectivity index (χ0v) is 10.8. The first-order valence-corrected chi connectivity index (χ1v) is 7.03. The molecule has 1 aliphatic carbocycles. The van der Waals surface area contributed by atoms with Crippen LogP contribution in [0.3, 0.4) is 0 Å². The predicted molar refractivity (Wildman–Crippen MR) is 68.9 cm³/mol. The van der Waals surface area contributed by atoms with Crippen molar-refractivity contribution in [3.63, 3.8) is 0 Å². The second-order valence-electron chi connectivity index (χ2n) is 6.55. The minimum Gasteiger partial charge on any atom is -0.488 e. The lowest BCUT2D eigenvalue weighted by Gasteiger charge is -2.59. The van der Waals surface area contributed by atoms with Crippen LogP contribution in [0.15, 0.2) is 18.5 Å². The van der Waals surface area contributed by atoms with Crippen LogP contribution in [-0.2, 0) is 0 Å². The SMILES string of the molecule is [B][N+]12CC3CC(C1)C(Oc1cncc(F)c1)C(C3)C2. The molecule has 2 unspecified atom stereocenters. The predicted octanol–water partition coefficient (Wildman–Crippen LogP) is 1.54. The van der Waals surface area contributed by atoms with Crippen molar-refractivity contribution in [1.29, 1.82) is 0 Å². The number of halogens is 1. The van der Waals surface area contributed by atoms with E-state index >= 15 is 0 Å². The summed E-state index contributed by atoms with van der Waals surface area (Å²) in [4.78, 5) is 3.85. The van der Waals surface area contributed by atoms with E-state index in [1.165, 1.54) is 25.1 Å². The molecule has 19 heavy (non-hydrogen) atoms. The molecule has 98 valence electrons. The molecule has 3 nitrogen and oxygen atoms in total. The number of pyridine rings is 1. The molecule has 2 atom stereocenters. The molecule has 1 saturated carbocycles. The quantitative estimate of drug-likeness (QED) is 0.751. The highest BCUT2D eigenvalue weighted by atomic mass is 19.1. The Bertz CT molecular complexity index is 496. The molecule has 3 saturated heterocycles. The molecule has 5 heteroatoms. The van der Waals surface area contributed by atoms with Crippen molar-refractivity contribution in [2.75, 3.05) is 19.6 Å². The van der Waals surface area contributed by atoms with Gasteiger partial charge < -0.3 is 9.13 Å². The van der Waals surface area contributed by atoms with Gasteiger partial charge in [-0.3, -0.25) is 4.98 Å². The largest absolute Gasteiger partial charge is 0.488 e. The summed E-state index contributed by atoms with van der Waals surface area (Å²) >= 11 is 0. The first-order valence-electron chi connectivity index (χ1n) is 7.03. The van der Waals surface area contributed by atoms with Crippen molar-refractivity contribution >= 4 is 7.98 Å². The van der Waals surface area contributed by atoms with Gasteiger partial charge in [0.05, 0.1) is 32.0 Å². The van der Waals surface area contributed by atoms with Crippen LogP contribution in [-0.4, -0.2) is 43.1 Å². The molecule has 4 aliphatic rings. The van der Waals surface area contributed by atoms with Crippen LogP contribution in [0.4, 0.5) is 4.39 Å². The summed E-state index contributed by atoms with van der Waals surface area (Å²) in [6.07, 6.45) is 5.41. The normalized spacial score (nSPS) is 43.4.